The Morgan fingerprint density at radius 2 is 1.55 bits per heavy atom. The number of aromatic nitrogens is 1. The van der Waals surface area contributed by atoms with E-state index < -0.39 is 29.2 Å². The van der Waals surface area contributed by atoms with Gasteiger partial charge in [0.1, 0.15) is 5.69 Å². The number of nitrogens with zero attached hydrogens (tertiary/aromatic N) is 1. The van der Waals surface area contributed by atoms with Crippen LogP contribution in [-0.2, 0) is 0 Å². The SMILES string of the molecule is Fc1nc(F)c(F)c(NCCSc2ccccc2)c1F. The van der Waals surface area contributed by atoms with Crippen molar-refractivity contribution in [3.8, 4) is 0 Å². The number of pyridine rings is 1. The summed E-state index contributed by atoms with van der Waals surface area (Å²) < 4.78 is 52.3. The summed E-state index contributed by atoms with van der Waals surface area (Å²) in [6.45, 7) is 0.149. The number of anilines is 1. The predicted molar refractivity (Wildman–Crippen MR) is 69.7 cm³/mol. The van der Waals surface area contributed by atoms with E-state index in [1.165, 1.54) is 11.8 Å². The van der Waals surface area contributed by atoms with E-state index in [9.17, 15) is 17.6 Å². The van der Waals surface area contributed by atoms with Crippen molar-refractivity contribution in [2.24, 2.45) is 0 Å². The van der Waals surface area contributed by atoms with Crippen molar-refractivity contribution in [2.75, 3.05) is 17.6 Å². The molecule has 2 rings (SSSR count). The van der Waals surface area contributed by atoms with Crippen LogP contribution in [-0.4, -0.2) is 17.3 Å². The summed E-state index contributed by atoms with van der Waals surface area (Å²) in [6, 6.07) is 9.37. The Bertz CT molecular complexity index is 566. The second-order valence-corrected chi connectivity index (χ2v) is 4.95. The third-order valence-corrected chi connectivity index (χ3v) is 3.43. The van der Waals surface area contributed by atoms with Crippen LogP contribution in [0.3, 0.4) is 0 Å². The van der Waals surface area contributed by atoms with Crippen LogP contribution in [0.1, 0.15) is 0 Å². The smallest absolute Gasteiger partial charge is 0.253 e. The maximum absolute atomic E-state index is 13.3. The first kappa shape index (κ1) is 14.6. The molecule has 2 nitrogen and oxygen atoms in total. The number of rotatable bonds is 5. The van der Waals surface area contributed by atoms with E-state index in [0.717, 1.165) is 4.90 Å². The average molecular weight is 302 g/mol. The molecule has 0 aliphatic carbocycles. The second kappa shape index (κ2) is 6.60. The van der Waals surface area contributed by atoms with E-state index in [2.05, 4.69) is 10.3 Å². The highest BCUT2D eigenvalue weighted by Crippen LogP contribution is 2.22. The summed E-state index contributed by atoms with van der Waals surface area (Å²) in [6.07, 6.45) is 0. The fourth-order valence-electron chi connectivity index (χ4n) is 1.50. The van der Waals surface area contributed by atoms with E-state index in [-0.39, 0.29) is 6.54 Å². The number of hydrogen-bond acceptors (Lipinski definition) is 3. The number of hydrogen-bond donors (Lipinski definition) is 1. The lowest BCUT2D eigenvalue weighted by Crippen LogP contribution is -2.11. The van der Waals surface area contributed by atoms with Crippen LogP contribution < -0.4 is 5.32 Å². The van der Waals surface area contributed by atoms with Crippen molar-refractivity contribution in [2.45, 2.75) is 4.90 Å². The van der Waals surface area contributed by atoms with E-state index >= 15 is 0 Å². The second-order valence-electron chi connectivity index (χ2n) is 3.78. The van der Waals surface area contributed by atoms with Gasteiger partial charge in [0.25, 0.3) is 11.9 Å². The highest BCUT2D eigenvalue weighted by Gasteiger charge is 2.20. The molecule has 0 unspecified atom stereocenters. The van der Waals surface area contributed by atoms with Crippen molar-refractivity contribution >= 4 is 17.4 Å². The summed E-state index contributed by atoms with van der Waals surface area (Å²) in [5, 5.41) is 2.34. The molecule has 1 aromatic heterocycles. The molecular formula is C13H10F4N2S. The van der Waals surface area contributed by atoms with Gasteiger partial charge in [0, 0.05) is 17.2 Å². The van der Waals surface area contributed by atoms with Gasteiger partial charge in [-0.2, -0.15) is 22.5 Å². The first-order valence-electron chi connectivity index (χ1n) is 5.71. The first-order valence-corrected chi connectivity index (χ1v) is 6.70. The van der Waals surface area contributed by atoms with Gasteiger partial charge in [-0.1, -0.05) is 18.2 Å². The van der Waals surface area contributed by atoms with Gasteiger partial charge in [0.15, 0.2) is 0 Å². The fraction of sp³-hybridized carbons (Fsp3) is 0.154. The van der Waals surface area contributed by atoms with Crippen LogP contribution in [0, 0.1) is 23.5 Å². The lowest BCUT2D eigenvalue weighted by atomic mass is 10.3. The molecule has 0 radical (unpaired) electrons. The summed E-state index contributed by atoms with van der Waals surface area (Å²) in [5.74, 6) is -5.89. The van der Waals surface area contributed by atoms with Gasteiger partial charge in [-0.3, -0.25) is 0 Å². The molecule has 0 bridgehead atoms. The van der Waals surface area contributed by atoms with Gasteiger partial charge in [0.2, 0.25) is 11.6 Å². The minimum absolute atomic E-state index is 0.149. The molecule has 2 aromatic rings. The van der Waals surface area contributed by atoms with Crippen LogP contribution in [0.5, 0.6) is 0 Å². The first-order chi connectivity index (χ1) is 9.59. The minimum Gasteiger partial charge on any atom is -0.379 e. The molecule has 0 saturated carbocycles. The molecule has 0 saturated heterocycles. The maximum Gasteiger partial charge on any atom is 0.253 e. The predicted octanol–water partition coefficient (Wildman–Crippen LogP) is 3.84. The summed E-state index contributed by atoms with van der Waals surface area (Å²) in [4.78, 5) is 3.47. The minimum atomic E-state index is -1.66. The lowest BCUT2D eigenvalue weighted by Gasteiger charge is -2.09. The molecule has 0 aliphatic heterocycles. The zero-order valence-corrected chi connectivity index (χ0v) is 11.0. The van der Waals surface area contributed by atoms with Gasteiger partial charge in [-0.15, -0.1) is 11.8 Å². The molecule has 20 heavy (non-hydrogen) atoms. The zero-order chi connectivity index (χ0) is 14.5. The number of thioether (sulfide) groups is 1. The van der Waals surface area contributed by atoms with Crippen LogP contribution in [0.2, 0.25) is 0 Å². The standard InChI is InChI=1S/C13H10F4N2S/c14-9-11(10(15)13(17)19-12(9)16)18-6-7-20-8-4-2-1-3-5-8/h1-5H,6-7H2,(H,18,19). The molecule has 0 aliphatic rings. The molecule has 0 amide bonds. The van der Waals surface area contributed by atoms with Crippen molar-refractivity contribution in [1.29, 1.82) is 0 Å². The van der Waals surface area contributed by atoms with Crippen LogP contribution >= 0.6 is 11.8 Å². The zero-order valence-electron chi connectivity index (χ0n) is 10.2. The van der Waals surface area contributed by atoms with Crippen molar-refractivity contribution in [1.82, 2.24) is 4.98 Å². The van der Waals surface area contributed by atoms with Gasteiger partial charge < -0.3 is 5.32 Å². The highest BCUT2D eigenvalue weighted by atomic mass is 32.2. The third-order valence-electron chi connectivity index (χ3n) is 2.41. The Labute approximate surface area is 117 Å². The van der Waals surface area contributed by atoms with Crippen LogP contribution in [0.4, 0.5) is 23.2 Å². The van der Waals surface area contributed by atoms with Crippen molar-refractivity contribution in [3.63, 3.8) is 0 Å². The Kier molecular flexibility index (Phi) is 4.84. The average Bonchev–Trinajstić information content (AvgIpc) is 2.45. The largest absolute Gasteiger partial charge is 0.379 e. The van der Waals surface area contributed by atoms with Crippen LogP contribution in [0.15, 0.2) is 35.2 Å². The molecule has 0 atom stereocenters. The maximum atomic E-state index is 13.3. The van der Waals surface area contributed by atoms with E-state index in [1.54, 1.807) is 0 Å². The normalized spacial score (nSPS) is 10.6. The quantitative estimate of drug-likeness (QED) is 0.393. The van der Waals surface area contributed by atoms with Crippen molar-refractivity contribution < 1.29 is 17.6 Å². The number of benzene rings is 1. The van der Waals surface area contributed by atoms with E-state index in [4.69, 9.17) is 0 Å². The topological polar surface area (TPSA) is 24.9 Å². The molecule has 0 spiro atoms. The van der Waals surface area contributed by atoms with Crippen molar-refractivity contribution in [3.05, 3.63) is 53.9 Å². The van der Waals surface area contributed by atoms with Gasteiger partial charge in [-0.05, 0) is 12.1 Å². The van der Waals surface area contributed by atoms with Crippen LogP contribution in [0.25, 0.3) is 0 Å². The third kappa shape index (κ3) is 3.41. The summed E-state index contributed by atoms with van der Waals surface area (Å²) >= 11 is 1.45. The monoisotopic (exact) mass is 302 g/mol. The summed E-state index contributed by atoms with van der Waals surface area (Å²) in [7, 11) is 0. The molecule has 106 valence electrons. The summed E-state index contributed by atoms with van der Waals surface area (Å²) in [5.41, 5.74) is -0.830. The molecule has 7 heteroatoms. The number of nitrogens with one attached hydrogen (secondary N) is 1. The molecule has 1 aromatic carbocycles. The molecular weight excluding hydrogens is 292 g/mol. The van der Waals surface area contributed by atoms with Gasteiger partial charge in [0.05, 0.1) is 0 Å². The van der Waals surface area contributed by atoms with Gasteiger partial charge in [-0.25, -0.2) is 0 Å². The number of halogens is 4. The molecule has 0 fully saturated rings. The van der Waals surface area contributed by atoms with Gasteiger partial charge >= 0.3 is 0 Å². The molecule has 1 heterocycles. The molecule has 1 N–H and O–H groups in total. The highest BCUT2D eigenvalue weighted by molar-refractivity contribution is 7.99. The fourth-order valence-corrected chi connectivity index (χ4v) is 2.29. The van der Waals surface area contributed by atoms with E-state index in [0.29, 0.717) is 5.75 Å². The lowest BCUT2D eigenvalue weighted by molar-refractivity contribution is 0.411. The Hall–Kier alpha value is -1.76. The Morgan fingerprint density at radius 3 is 2.15 bits per heavy atom. The van der Waals surface area contributed by atoms with E-state index in [1.807, 2.05) is 30.3 Å². The Morgan fingerprint density at radius 1 is 0.950 bits per heavy atom. The Balaban J connectivity index is 1.95.